The van der Waals surface area contributed by atoms with Crippen LogP contribution in [0.3, 0.4) is 0 Å². The van der Waals surface area contributed by atoms with E-state index < -0.39 is 5.82 Å². The first-order valence-corrected chi connectivity index (χ1v) is 10.8. The Labute approximate surface area is 173 Å². The monoisotopic (exact) mass is 414 g/mol. The van der Waals surface area contributed by atoms with Crippen LogP contribution >= 0.6 is 0 Å². The lowest BCUT2D eigenvalue weighted by molar-refractivity contribution is 0.120. The Bertz CT molecular complexity index is 1090. The van der Waals surface area contributed by atoms with Gasteiger partial charge in [0.15, 0.2) is 0 Å². The molecule has 160 valence electrons. The minimum Gasteiger partial charge on any atom is -0.337 e. The topological polar surface area (TPSA) is 81.1 Å². The zero-order chi connectivity index (χ0) is 20.7. The lowest BCUT2D eigenvalue weighted by Crippen LogP contribution is -2.46. The van der Waals surface area contributed by atoms with Crippen LogP contribution in [0.2, 0.25) is 0 Å². The van der Waals surface area contributed by atoms with Crippen LogP contribution in [0.5, 0.6) is 0 Å². The highest BCUT2D eigenvalue weighted by atomic mass is 19.1. The third-order valence-corrected chi connectivity index (χ3v) is 6.54. The van der Waals surface area contributed by atoms with Crippen molar-refractivity contribution in [2.45, 2.75) is 51.1 Å². The molecule has 8 nitrogen and oxygen atoms in total. The molecular weight excluding hydrogens is 387 g/mol. The lowest BCUT2D eigenvalue weighted by Gasteiger charge is -2.38. The van der Waals surface area contributed by atoms with E-state index in [9.17, 15) is 9.18 Å². The van der Waals surface area contributed by atoms with Crippen molar-refractivity contribution in [2.24, 2.45) is 0 Å². The largest absolute Gasteiger partial charge is 0.337 e. The summed E-state index contributed by atoms with van der Waals surface area (Å²) in [7, 11) is 0. The van der Waals surface area contributed by atoms with Gasteiger partial charge in [-0.2, -0.15) is 4.98 Å². The molecular formula is C21H27FN6O2. The first kappa shape index (κ1) is 19.4. The molecule has 0 radical (unpaired) electrons. The lowest BCUT2D eigenvalue weighted by atomic mass is 9.94. The van der Waals surface area contributed by atoms with E-state index in [0.717, 1.165) is 39.0 Å². The quantitative estimate of drug-likeness (QED) is 0.705. The molecule has 0 bridgehead atoms. The molecule has 4 heterocycles. The van der Waals surface area contributed by atoms with E-state index in [-0.39, 0.29) is 17.6 Å². The van der Waals surface area contributed by atoms with Crippen molar-refractivity contribution in [1.29, 1.82) is 0 Å². The summed E-state index contributed by atoms with van der Waals surface area (Å²) in [6.45, 7) is 6.59. The van der Waals surface area contributed by atoms with Gasteiger partial charge >= 0.3 is 5.69 Å². The van der Waals surface area contributed by atoms with Gasteiger partial charge in [0, 0.05) is 24.6 Å². The number of rotatable bonds is 4. The molecule has 2 aliphatic heterocycles. The number of benzene rings is 1. The molecule has 2 aliphatic rings. The van der Waals surface area contributed by atoms with E-state index in [1.807, 2.05) is 6.92 Å². The van der Waals surface area contributed by atoms with Gasteiger partial charge in [0.25, 0.3) is 5.95 Å². The predicted octanol–water partition coefficient (Wildman–Crippen LogP) is 2.27. The van der Waals surface area contributed by atoms with Gasteiger partial charge in [-0.1, -0.05) is 0 Å². The van der Waals surface area contributed by atoms with Crippen molar-refractivity contribution in [2.75, 3.05) is 26.2 Å². The minimum absolute atomic E-state index is 0.179. The Balaban J connectivity index is 1.38. The van der Waals surface area contributed by atoms with Crippen LogP contribution < -0.4 is 11.0 Å². The summed E-state index contributed by atoms with van der Waals surface area (Å²) in [5.74, 6) is 0.531. The van der Waals surface area contributed by atoms with Gasteiger partial charge in [-0.3, -0.25) is 4.57 Å². The summed E-state index contributed by atoms with van der Waals surface area (Å²) in [6.07, 6.45) is 4.34. The van der Waals surface area contributed by atoms with Gasteiger partial charge in [-0.15, -0.1) is 0 Å². The number of aromatic nitrogens is 4. The summed E-state index contributed by atoms with van der Waals surface area (Å²) in [6, 6.07) is 4.98. The van der Waals surface area contributed by atoms with Crippen molar-refractivity contribution in [3.63, 3.8) is 0 Å². The van der Waals surface area contributed by atoms with Crippen LogP contribution in [0.4, 0.5) is 4.39 Å². The molecule has 5 rings (SSSR count). The first-order valence-electron chi connectivity index (χ1n) is 10.8. The van der Waals surface area contributed by atoms with Crippen molar-refractivity contribution in [1.82, 2.24) is 29.5 Å². The number of halogens is 1. The maximum absolute atomic E-state index is 13.9. The van der Waals surface area contributed by atoms with Gasteiger partial charge < -0.3 is 14.7 Å². The van der Waals surface area contributed by atoms with Crippen molar-refractivity contribution in [3.8, 4) is 5.95 Å². The average molecular weight is 414 g/mol. The molecule has 1 aromatic carbocycles. The number of hydrogen-bond acceptors (Lipinski definition) is 6. The predicted molar refractivity (Wildman–Crippen MR) is 110 cm³/mol. The van der Waals surface area contributed by atoms with Crippen LogP contribution in [0.25, 0.3) is 17.0 Å². The number of nitrogens with one attached hydrogen (secondary N) is 1. The molecule has 9 heteroatoms. The number of fused-ring (bicyclic) bond motifs is 1. The second kappa shape index (κ2) is 7.96. The van der Waals surface area contributed by atoms with Gasteiger partial charge in [0.1, 0.15) is 5.82 Å². The van der Waals surface area contributed by atoms with Crippen molar-refractivity contribution < 1.29 is 8.91 Å². The highest BCUT2D eigenvalue weighted by molar-refractivity contribution is 5.77. The maximum atomic E-state index is 13.9. The molecule has 0 saturated carbocycles. The first-order chi connectivity index (χ1) is 14.7. The number of likely N-dealkylation sites (tertiary alicyclic amines) is 1. The Hall–Kier alpha value is -2.52. The fraction of sp³-hybridized carbons (Fsp3) is 0.571. The van der Waals surface area contributed by atoms with E-state index >= 15 is 0 Å². The summed E-state index contributed by atoms with van der Waals surface area (Å²) in [5, 5.41) is 7.50. The Morgan fingerprint density at radius 1 is 1.17 bits per heavy atom. The fourth-order valence-electron chi connectivity index (χ4n) is 4.90. The van der Waals surface area contributed by atoms with Gasteiger partial charge in [0.2, 0.25) is 5.89 Å². The maximum Gasteiger partial charge on any atom is 0.336 e. The Morgan fingerprint density at radius 2 is 1.93 bits per heavy atom. The smallest absolute Gasteiger partial charge is 0.336 e. The molecule has 0 atom stereocenters. The number of piperidine rings is 2. The molecule has 0 unspecified atom stereocenters. The zero-order valence-electron chi connectivity index (χ0n) is 17.2. The summed E-state index contributed by atoms with van der Waals surface area (Å²) in [4.78, 5) is 20.0. The number of nitrogens with zero attached hydrogens (tertiary/aromatic N) is 5. The van der Waals surface area contributed by atoms with E-state index in [1.165, 1.54) is 29.5 Å². The van der Waals surface area contributed by atoms with Crippen molar-refractivity contribution >= 4 is 11.0 Å². The number of imidazole rings is 1. The number of aryl methyl sites for hydroxylation is 1. The van der Waals surface area contributed by atoms with Gasteiger partial charge in [0.05, 0.1) is 11.0 Å². The Kier molecular flexibility index (Phi) is 5.16. The van der Waals surface area contributed by atoms with Gasteiger partial charge in [-0.25, -0.2) is 13.8 Å². The third-order valence-electron chi connectivity index (χ3n) is 6.54. The third kappa shape index (κ3) is 3.35. The van der Waals surface area contributed by atoms with Gasteiger partial charge in [-0.05, 0) is 76.1 Å². The summed E-state index contributed by atoms with van der Waals surface area (Å²) in [5.41, 5.74) is 0.826. The fourth-order valence-corrected chi connectivity index (χ4v) is 4.90. The molecule has 1 N–H and O–H groups in total. The second-order valence-electron chi connectivity index (χ2n) is 8.22. The highest BCUT2D eigenvalue weighted by Crippen LogP contribution is 2.29. The standard InChI is InChI=1S/C21H27FN6O2/c1-2-27-17-4-3-15(22)13-18(17)28(21(27)29)20-24-19(30-25-20)14-7-11-26(12-8-14)16-5-9-23-10-6-16/h3-4,13-14,16,23H,2,5-12H2,1H3. The molecule has 0 spiro atoms. The molecule has 2 fully saturated rings. The molecule has 0 aliphatic carbocycles. The number of hydrogen-bond donors (Lipinski definition) is 1. The molecule has 2 aromatic heterocycles. The SMILES string of the molecule is CCn1c(=O)n(-c2noc(C3CCN(C4CCNCC4)CC3)n2)c2cc(F)ccc21. The van der Waals surface area contributed by atoms with Crippen LogP contribution in [0.15, 0.2) is 27.5 Å². The van der Waals surface area contributed by atoms with Crippen LogP contribution in [0.1, 0.15) is 44.4 Å². The van der Waals surface area contributed by atoms with Crippen LogP contribution in [0, 0.1) is 5.82 Å². The molecule has 0 amide bonds. The second-order valence-corrected chi connectivity index (χ2v) is 8.22. The van der Waals surface area contributed by atoms with E-state index in [1.54, 1.807) is 10.6 Å². The van der Waals surface area contributed by atoms with Crippen molar-refractivity contribution in [3.05, 3.63) is 40.4 Å². The van der Waals surface area contributed by atoms with Crippen LogP contribution in [-0.4, -0.2) is 56.4 Å². The Morgan fingerprint density at radius 3 is 2.67 bits per heavy atom. The molecule has 2 saturated heterocycles. The van der Waals surface area contributed by atoms with Crippen LogP contribution in [-0.2, 0) is 6.54 Å². The molecule has 3 aromatic rings. The van der Waals surface area contributed by atoms with E-state index in [4.69, 9.17) is 4.52 Å². The summed E-state index contributed by atoms with van der Waals surface area (Å²) < 4.78 is 22.4. The van der Waals surface area contributed by atoms with E-state index in [0.29, 0.717) is 29.5 Å². The average Bonchev–Trinajstić information content (AvgIpc) is 3.36. The molecule has 30 heavy (non-hydrogen) atoms. The summed E-state index contributed by atoms with van der Waals surface area (Å²) >= 11 is 0. The zero-order valence-corrected chi connectivity index (χ0v) is 17.2. The van der Waals surface area contributed by atoms with E-state index in [2.05, 4.69) is 20.4 Å². The minimum atomic E-state index is -0.404. The normalized spacial score (nSPS) is 19.7. The highest BCUT2D eigenvalue weighted by Gasteiger charge is 2.30.